The lowest BCUT2D eigenvalue weighted by Gasteiger charge is -2.58. The van der Waals surface area contributed by atoms with Crippen molar-refractivity contribution in [2.45, 2.75) is 71.8 Å². The van der Waals surface area contributed by atoms with Crippen LogP contribution < -0.4 is 5.32 Å². The number of rotatable bonds is 3. The fraction of sp³-hybridized carbons (Fsp3) is 0.571. The number of fused-ring (bicyclic) bond motifs is 5. The van der Waals surface area contributed by atoms with Crippen LogP contribution in [-0.2, 0) is 0 Å². The molecule has 2 heterocycles. The van der Waals surface area contributed by atoms with Crippen LogP contribution in [0.1, 0.15) is 74.8 Å². The third-order valence-corrected chi connectivity index (χ3v) is 9.82. The van der Waals surface area contributed by atoms with Crippen LogP contribution in [0.2, 0.25) is 0 Å². The molecule has 6 heteroatoms. The van der Waals surface area contributed by atoms with Crippen LogP contribution in [-0.4, -0.2) is 31.7 Å². The number of nitrogens with zero attached hydrogens (tertiary/aromatic N) is 4. The number of hydrogen-bond acceptors (Lipinski definition) is 4. The highest BCUT2D eigenvalue weighted by atomic mass is 16.1. The van der Waals surface area contributed by atoms with Crippen molar-refractivity contribution in [2.75, 3.05) is 0 Å². The van der Waals surface area contributed by atoms with E-state index in [2.05, 4.69) is 64.2 Å². The maximum absolute atomic E-state index is 12.7. The number of allylic oxidation sites excluding steroid dienone is 3. The van der Waals surface area contributed by atoms with Gasteiger partial charge < -0.3 is 9.88 Å². The van der Waals surface area contributed by atoms with E-state index < -0.39 is 0 Å². The lowest BCUT2D eigenvalue weighted by atomic mass is 9.47. The Bertz CT molecular complexity index is 1170. The smallest absolute Gasteiger partial charge is 0.253 e. The molecule has 1 amide bonds. The summed E-state index contributed by atoms with van der Waals surface area (Å²) in [6, 6.07) is 1.93. The second-order valence-electron chi connectivity index (χ2n) is 11.5. The normalized spacial score (nSPS) is 36.6. The first kappa shape index (κ1) is 21.8. The quantitative estimate of drug-likeness (QED) is 0.644. The van der Waals surface area contributed by atoms with E-state index in [0.29, 0.717) is 11.5 Å². The highest BCUT2D eigenvalue weighted by molar-refractivity contribution is 5.93. The van der Waals surface area contributed by atoms with Gasteiger partial charge in [-0.15, -0.1) is 0 Å². The van der Waals surface area contributed by atoms with E-state index in [-0.39, 0.29) is 22.8 Å². The van der Waals surface area contributed by atoms with Gasteiger partial charge in [0.05, 0.1) is 30.0 Å². The van der Waals surface area contributed by atoms with Crippen LogP contribution in [0.4, 0.5) is 0 Å². The van der Waals surface area contributed by atoms with Gasteiger partial charge in [-0.2, -0.15) is 10.2 Å². The standard InChI is InChI=1S/C28H35N5O/c1-18-16-33(17-29-18)25-7-6-23-22-5-4-20-14-21(32-26(34)19-10-13-30-31-15-19)8-11-27(20,2)24(22)9-12-28(23,25)3/h4,7,10,13,15-17,21-24H,5-6,8-9,11-12,14H2,1-3H3,(H,32,34)/t21-,22-,23-,24-,27-,28-/m0/s1. The van der Waals surface area contributed by atoms with E-state index in [1.54, 1.807) is 24.0 Å². The molecule has 2 aromatic rings. The molecule has 6 nitrogen and oxygen atoms in total. The van der Waals surface area contributed by atoms with Crippen molar-refractivity contribution in [3.05, 3.63) is 60.0 Å². The van der Waals surface area contributed by atoms with Crippen LogP contribution in [0.15, 0.2) is 48.7 Å². The Balaban J connectivity index is 1.20. The minimum atomic E-state index is -0.0366. The fourth-order valence-electron chi connectivity index (χ4n) is 7.98. The van der Waals surface area contributed by atoms with Crippen molar-refractivity contribution < 1.29 is 4.79 Å². The van der Waals surface area contributed by atoms with Gasteiger partial charge in [0.15, 0.2) is 0 Å². The summed E-state index contributed by atoms with van der Waals surface area (Å²) < 4.78 is 2.29. The SMILES string of the molecule is Cc1cn(C2=CC[C@H]3[C@@H]4CC=C5C[C@@H](NC(=O)c6ccnnc6)CC[C@]5(C)[C@H]4CC[C@]23C)cn1. The van der Waals surface area contributed by atoms with Crippen LogP contribution >= 0.6 is 0 Å². The van der Waals surface area contributed by atoms with Gasteiger partial charge in [0.1, 0.15) is 0 Å². The van der Waals surface area contributed by atoms with Gasteiger partial charge in [-0.1, -0.05) is 31.6 Å². The summed E-state index contributed by atoms with van der Waals surface area (Å²) in [5.41, 5.74) is 5.22. The van der Waals surface area contributed by atoms with Gasteiger partial charge in [0.25, 0.3) is 5.91 Å². The molecule has 34 heavy (non-hydrogen) atoms. The molecule has 0 spiro atoms. The van der Waals surface area contributed by atoms with E-state index in [0.717, 1.165) is 36.8 Å². The van der Waals surface area contributed by atoms with Crippen LogP contribution in [0.3, 0.4) is 0 Å². The highest BCUT2D eigenvalue weighted by Gasteiger charge is 2.57. The Kier molecular flexibility index (Phi) is 5.05. The molecule has 6 rings (SSSR count). The summed E-state index contributed by atoms with van der Waals surface area (Å²) in [5.74, 6) is 2.14. The number of hydrogen-bond donors (Lipinski definition) is 1. The number of nitrogens with one attached hydrogen (secondary N) is 1. The van der Waals surface area contributed by atoms with Crippen LogP contribution in [0, 0.1) is 35.5 Å². The summed E-state index contributed by atoms with van der Waals surface area (Å²) in [6.07, 6.45) is 20.4. The number of carbonyl (C=O) groups excluding carboxylic acids is 1. The monoisotopic (exact) mass is 457 g/mol. The van der Waals surface area contributed by atoms with Crippen LogP contribution in [0.5, 0.6) is 0 Å². The van der Waals surface area contributed by atoms with E-state index in [9.17, 15) is 4.79 Å². The van der Waals surface area contributed by atoms with Gasteiger partial charge in [-0.25, -0.2) is 4.98 Å². The van der Waals surface area contributed by atoms with Crippen molar-refractivity contribution in [1.29, 1.82) is 0 Å². The second kappa shape index (κ2) is 7.89. The molecule has 2 aromatic heterocycles. The number of imidazole rings is 1. The van der Waals surface area contributed by atoms with Crippen LogP contribution in [0.25, 0.3) is 5.70 Å². The van der Waals surface area contributed by atoms with Gasteiger partial charge >= 0.3 is 0 Å². The minimum Gasteiger partial charge on any atom is -0.349 e. The van der Waals surface area contributed by atoms with Crippen molar-refractivity contribution in [3.8, 4) is 0 Å². The highest BCUT2D eigenvalue weighted by Crippen LogP contribution is 2.65. The van der Waals surface area contributed by atoms with Gasteiger partial charge in [-0.05, 0) is 81.1 Å². The average molecular weight is 458 g/mol. The predicted octanol–water partition coefficient (Wildman–Crippen LogP) is 5.19. The molecule has 6 atom stereocenters. The summed E-state index contributed by atoms with van der Waals surface area (Å²) >= 11 is 0. The zero-order valence-electron chi connectivity index (χ0n) is 20.5. The second-order valence-corrected chi connectivity index (χ2v) is 11.5. The summed E-state index contributed by atoms with van der Waals surface area (Å²) in [6.45, 7) is 7.10. The van der Waals surface area contributed by atoms with Gasteiger partial charge in [-0.3, -0.25) is 4.79 Å². The first-order valence-corrected chi connectivity index (χ1v) is 12.9. The molecule has 4 aliphatic rings. The predicted molar refractivity (Wildman–Crippen MR) is 132 cm³/mol. The molecule has 0 bridgehead atoms. The summed E-state index contributed by atoms with van der Waals surface area (Å²) in [7, 11) is 0. The maximum atomic E-state index is 12.7. The largest absolute Gasteiger partial charge is 0.349 e. The fourth-order valence-corrected chi connectivity index (χ4v) is 7.98. The van der Waals surface area contributed by atoms with Crippen molar-refractivity contribution >= 4 is 11.6 Å². The number of amides is 1. The van der Waals surface area contributed by atoms with Crippen molar-refractivity contribution in [3.63, 3.8) is 0 Å². The lowest BCUT2D eigenvalue weighted by molar-refractivity contribution is -0.0137. The van der Waals surface area contributed by atoms with Crippen molar-refractivity contribution in [1.82, 2.24) is 25.1 Å². The molecule has 0 aliphatic heterocycles. The number of aromatic nitrogens is 4. The van der Waals surface area contributed by atoms with Crippen molar-refractivity contribution in [2.24, 2.45) is 28.6 Å². The molecule has 178 valence electrons. The molecule has 0 radical (unpaired) electrons. The lowest BCUT2D eigenvalue weighted by Crippen LogP contribution is -2.51. The Morgan fingerprint density at radius 1 is 1.09 bits per heavy atom. The molecule has 4 aliphatic carbocycles. The maximum Gasteiger partial charge on any atom is 0.253 e. The zero-order valence-corrected chi connectivity index (χ0v) is 20.5. The number of aryl methyl sites for hydroxylation is 1. The Morgan fingerprint density at radius 2 is 1.94 bits per heavy atom. The average Bonchev–Trinajstić information content (AvgIpc) is 3.42. The van der Waals surface area contributed by atoms with E-state index in [4.69, 9.17) is 0 Å². The third-order valence-electron chi connectivity index (χ3n) is 9.82. The molecule has 0 aromatic carbocycles. The molecule has 2 saturated carbocycles. The molecule has 1 N–H and O–H groups in total. The molecule has 0 saturated heterocycles. The molecular formula is C28H35N5O. The summed E-state index contributed by atoms with van der Waals surface area (Å²) in [4.78, 5) is 17.2. The van der Waals surface area contributed by atoms with E-state index >= 15 is 0 Å². The third kappa shape index (κ3) is 3.29. The van der Waals surface area contributed by atoms with E-state index in [1.165, 1.54) is 31.4 Å². The topological polar surface area (TPSA) is 72.7 Å². The number of carbonyl (C=O) groups is 1. The first-order valence-electron chi connectivity index (χ1n) is 12.9. The first-order chi connectivity index (χ1) is 16.4. The molecule has 0 unspecified atom stereocenters. The van der Waals surface area contributed by atoms with Gasteiger partial charge in [0.2, 0.25) is 0 Å². The Morgan fingerprint density at radius 3 is 2.71 bits per heavy atom. The minimum absolute atomic E-state index is 0.0366. The molecular weight excluding hydrogens is 422 g/mol. The Hall–Kier alpha value is -2.76. The zero-order chi connectivity index (χ0) is 23.5. The molecule has 2 fully saturated rings. The summed E-state index contributed by atoms with van der Waals surface area (Å²) in [5, 5.41) is 10.9. The Labute approximate surface area is 202 Å². The van der Waals surface area contributed by atoms with Gasteiger partial charge in [0, 0.05) is 23.4 Å². The van der Waals surface area contributed by atoms with E-state index in [1.807, 2.05) is 6.33 Å².